The fraction of sp³-hybridized carbons (Fsp3) is 0.143. The van der Waals surface area contributed by atoms with Crippen molar-refractivity contribution in [1.29, 1.82) is 0 Å². The number of hydrogen-bond donors (Lipinski definition) is 1. The second-order valence-corrected chi connectivity index (χ2v) is 5.15. The fourth-order valence-corrected chi connectivity index (χ4v) is 2.10. The molecule has 0 bridgehead atoms. The van der Waals surface area contributed by atoms with Crippen molar-refractivity contribution in [2.75, 3.05) is 5.73 Å². The van der Waals surface area contributed by atoms with E-state index in [0.717, 1.165) is 6.07 Å². The smallest absolute Gasteiger partial charge is 0.420 e. The first-order valence-electron chi connectivity index (χ1n) is 5.68. The molecule has 0 saturated carbocycles. The van der Waals surface area contributed by atoms with Crippen LogP contribution < -0.4 is 10.5 Å². The Bertz CT molecular complexity index is 621. The molecule has 0 heterocycles. The Kier molecular flexibility index (Phi) is 3.94. The minimum absolute atomic E-state index is 0.236. The van der Waals surface area contributed by atoms with Crippen molar-refractivity contribution in [3.8, 4) is 11.5 Å². The van der Waals surface area contributed by atoms with Gasteiger partial charge in [0.2, 0.25) is 0 Å². The van der Waals surface area contributed by atoms with Crippen molar-refractivity contribution < 1.29 is 17.9 Å². The topological polar surface area (TPSA) is 35.2 Å². The number of rotatable bonds is 2. The van der Waals surface area contributed by atoms with Crippen molar-refractivity contribution in [2.45, 2.75) is 13.1 Å². The lowest BCUT2D eigenvalue weighted by Gasteiger charge is -2.16. The predicted molar refractivity (Wildman–Crippen MR) is 74.8 cm³/mol. The molecule has 0 unspecified atom stereocenters. The minimum atomic E-state index is -4.50. The van der Waals surface area contributed by atoms with Gasteiger partial charge in [-0.2, -0.15) is 13.2 Å². The maximum Gasteiger partial charge on any atom is 0.420 e. The maximum absolute atomic E-state index is 13.0. The average molecular weight is 346 g/mol. The lowest BCUT2D eigenvalue weighted by Crippen LogP contribution is -2.07. The Hall–Kier alpha value is -1.69. The SMILES string of the molecule is Cc1cccc(N)c1Oc1ccc(Br)cc1C(F)(F)F. The van der Waals surface area contributed by atoms with Crippen LogP contribution in [0.1, 0.15) is 11.1 Å². The van der Waals surface area contributed by atoms with E-state index in [1.807, 2.05) is 0 Å². The van der Waals surface area contributed by atoms with Crippen LogP contribution in [0.4, 0.5) is 18.9 Å². The molecular formula is C14H11BrF3NO. The summed E-state index contributed by atoms with van der Waals surface area (Å²) in [6, 6.07) is 8.73. The van der Waals surface area contributed by atoms with Crippen LogP contribution in [0.25, 0.3) is 0 Å². The van der Waals surface area contributed by atoms with E-state index >= 15 is 0 Å². The second-order valence-electron chi connectivity index (χ2n) is 4.23. The Morgan fingerprint density at radius 3 is 2.45 bits per heavy atom. The molecule has 20 heavy (non-hydrogen) atoms. The van der Waals surface area contributed by atoms with E-state index in [4.69, 9.17) is 10.5 Å². The largest absolute Gasteiger partial charge is 0.454 e. The van der Waals surface area contributed by atoms with Crippen molar-refractivity contribution in [1.82, 2.24) is 0 Å². The van der Waals surface area contributed by atoms with Crippen LogP contribution in [-0.4, -0.2) is 0 Å². The number of hydrogen-bond acceptors (Lipinski definition) is 2. The van der Waals surface area contributed by atoms with E-state index in [0.29, 0.717) is 15.7 Å². The number of para-hydroxylation sites is 1. The number of benzene rings is 2. The Labute approximate surface area is 122 Å². The summed E-state index contributed by atoms with van der Waals surface area (Å²) in [5.41, 5.74) is 5.85. The lowest BCUT2D eigenvalue weighted by molar-refractivity contribution is -0.138. The summed E-state index contributed by atoms with van der Waals surface area (Å²) < 4.78 is 44.7. The summed E-state index contributed by atoms with van der Waals surface area (Å²) in [6.45, 7) is 1.72. The van der Waals surface area contributed by atoms with Gasteiger partial charge in [0.1, 0.15) is 5.75 Å². The zero-order chi connectivity index (χ0) is 14.9. The van der Waals surface area contributed by atoms with Crippen LogP contribution in [0.3, 0.4) is 0 Å². The van der Waals surface area contributed by atoms with Gasteiger partial charge < -0.3 is 10.5 Å². The Morgan fingerprint density at radius 1 is 1.15 bits per heavy atom. The summed E-state index contributed by atoms with van der Waals surface area (Å²) in [5, 5.41) is 0. The molecule has 0 atom stereocenters. The van der Waals surface area contributed by atoms with Crippen molar-refractivity contribution in [2.24, 2.45) is 0 Å². The molecule has 106 valence electrons. The molecule has 0 radical (unpaired) electrons. The number of nitrogen functional groups attached to an aromatic ring is 1. The molecule has 2 nitrogen and oxygen atoms in total. The number of ether oxygens (including phenoxy) is 1. The summed E-state index contributed by atoms with van der Waals surface area (Å²) in [4.78, 5) is 0. The monoisotopic (exact) mass is 345 g/mol. The number of alkyl halides is 3. The molecule has 0 spiro atoms. The van der Waals surface area contributed by atoms with E-state index in [-0.39, 0.29) is 11.5 Å². The molecule has 2 aromatic carbocycles. The van der Waals surface area contributed by atoms with Crippen LogP contribution in [0, 0.1) is 6.92 Å². The van der Waals surface area contributed by atoms with Gasteiger partial charge in [-0.1, -0.05) is 28.1 Å². The molecule has 0 aliphatic carbocycles. The summed E-state index contributed by atoms with van der Waals surface area (Å²) >= 11 is 3.02. The first-order chi connectivity index (χ1) is 9.29. The van der Waals surface area contributed by atoms with Crippen molar-refractivity contribution in [3.05, 3.63) is 52.0 Å². The quantitative estimate of drug-likeness (QED) is 0.763. The normalized spacial score (nSPS) is 11.4. The number of aryl methyl sites for hydroxylation is 1. The minimum Gasteiger partial charge on any atom is -0.454 e. The standard InChI is InChI=1S/C14H11BrF3NO/c1-8-3-2-4-11(19)13(8)20-12-6-5-9(15)7-10(12)14(16,17)18/h2-7H,19H2,1H3. The predicted octanol–water partition coefficient (Wildman–Crippen LogP) is 5.15. The van der Waals surface area contributed by atoms with E-state index in [1.54, 1.807) is 25.1 Å². The highest BCUT2D eigenvalue weighted by Crippen LogP contribution is 2.41. The first-order valence-corrected chi connectivity index (χ1v) is 6.48. The maximum atomic E-state index is 13.0. The van der Waals surface area contributed by atoms with Gasteiger partial charge in [-0.25, -0.2) is 0 Å². The van der Waals surface area contributed by atoms with Gasteiger partial charge in [-0.3, -0.25) is 0 Å². The lowest BCUT2D eigenvalue weighted by atomic mass is 10.1. The van der Waals surface area contributed by atoms with Gasteiger partial charge in [0.25, 0.3) is 0 Å². The van der Waals surface area contributed by atoms with Gasteiger partial charge in [0, 0.05) is 4.47 Å². The van der Waals surface area contributed by atoms with E-state index < -0.39 is 11.7 Å². The molecule has 2 rings (SSSR count). The third kappa shape index (κ3) is 3.07. The van der Waals surface area contributed by atoms with Crippen molar-refractivity contribution >= 4 is 21.6 Å². The highest BCUT2D eigenvalue weighted by atomic mass is 79.9. The molecule has 6 heteroatoms. The van der Waals surface area contributed by atoms with E-state index in [9.17, 15) is 13.2 Å². The molecule has 2 N–H and O–H groups in total. The molecule has 0 aromatic heterocycles. The molecule has 0 aliphatic rings. The molecule has 0 aliphatic heterocycles. The van der Waals surface area contributed by atoms with E-state index in [1.165, 1.54) is 12.1 Å². The summed E-state index contributed by atoms with van der Waals surface area (Å²) in [6.07, 6.45) is -4.50. The van der Waals surface area contributed by atoms with Crippen LogP contribution in [0.2, 0.25) is 0 Å². The molecular weight excluding hydrogens is 335 g/mol. The van der Waals surface area contributed by atoms with Crippen LogP contribution in [0.15, 0.2) is 40.9 Å². The highest BCUT2D eigenvalue weighted by Gasteiger charge is 2.35. The summed E-state index contributed by atoms with van der Waals surface area (Å²) in [7, 11) is 0. The zero-order valence-corrected chi connectivity index (χ0v) is 12.0. The fourth-order valence-electron chi connectivity index (χ4n) is 1.74. The van der Waals surface area contributed by atoms with Gasteiger partial charge >= 0.3 is 6.18 Å². The third-order valence-corrected chi connectivity index (χ3v) is 3.19. The zero-order valence-electron chi connectivity index (χ0n) is 10.5. The molecule has 2 aromatic rings. The number of anilines is 1. The second kappa shape index (κ2) is 5.36. The van der Waals surface area contributed by atoms with Crippen molar-refractivity contribution in [3.63, 3.8) is 0 Å². The Balaban J connectivity index is 2.49. The summed E-state index contributed by atoms with van der Waals surface area (Å²) in [5.74, 6) is -0.0398. The van der Waals surface area contributed by atoms with Crippen LogP contribution in [-0.2, 0) is 6.18 Å². The average Bonchev–Trinajstić information content (AvgIpc) is 2.34. The number of halogens is 4. The van der Waals surface area contributed by atoms with Crippen LogP contribution in [0.5, 0.6) is 11.5 Å². The Morgan fingerprint density at radius 2 is 1.85 bits per heavy atom. The first kappa shape index (κ1) is 14.7. The van der Waals surface area contributed by atoms with Gasteiger partial charge in [0.05, 0.1) is 11.3 Å². The molecule has 0 saturated heterocycles. The van der Waals surface area contributed by atoms with E-state index in [2.05, 4.69) is 15.9 Å². The van der Waals surface area contributed by atoms with Gasteiger partial charge in [0.15, 0.2) is 5.75 Å². The molecule has 0 fully saturated rings. The third-order valence-electron chi connectivity index (χ3n) is 2.70. The number of nitrogens with two attached hydrogens (primary N) is 1. The van der Waals surface area contributed by atoms with Gasteiger partial charge in [-0.05, 0) is 36.8 Å². The van der Waals surface area contributed by atoms with Crippen LogP contribution >= 0.6 is 15.9 Å². The van der Waals surface area contributed by atoms with Gasteiger partial charge in [-0.15, -0.1) is 0 Å². The highest BCUT2D eigenvalue weighted by molar-refractivity contribution is 9.10. The molecule has 0 amide bonds.